The van der Waals surface area contributed by atoms with Crippen LogP contribution in [0.15, 0.2) is 58.2 Å². The molecule has 1 fully saturated rings. The third kappa shape index (κ3) is 6.12. The summed E-state index contributed by atoms with van der Waals surface area (Å²) in [5.74, 6) is 1.91. The third-order valence-electron chi connectivity index (χ3n) is 6.90. The van der Waals surface area contributed by atoms with E-state index >= 15 is 0 Å². The molecule has 4 rings (SSSR count). The smallest absolute Gasteiger partial charge is 0.254 e. The molecule has 202 valence electrons. The fourth-order valence-corrected chi connectivity index (χ4v) is 5.11. The lowest BCUT2D eigenvalue weighted by Gasteiger charge is -2.35. The van der Waals surface area contributed by atoms with Gasteiger partial charge in [0.15, 0.2) is 0 Å². The summed E-state index contributed by atoms with van der Waals surface area (Å²) in [6.07, 6.45) is 2.04. The second-order valence-corrected chi connectivity index (χ2v) is 10.4. The zero-order valence-corrected chi connectivity index (χ0v) is 23.7. The maximum atomic E-state index is 15.0. The minimum Gasteiger partial charge on any atom is -0.378 e. The van der Waals surface area contributed by atoms with E-state index in [4.69, 9.17) is 0 Å². The van der Waals surface area contributed by atoms with Crippen molar-refractivity contribution in [2.75, 3.05) is 47.6 Å². The summed E-state index contributed by atoms with van der Waals surface area (Å²) in [5.41, 5.74) is 1.88. The highest BCUT2D eigenvalue weighted by atomic mass is 32.2. The van der Waals surface area contributed by atoms with Gasteiger partial charge in [-0.1, -0.05) is 18.2 Å². The molecule has 38 heavy (non-hydrogen) atoms. The second kappa shape index (κ2) is 11.9. The van der Waals surface area contributed by atoms with Crippen LogP contribution >= 0.6 is 11.8 Å². The number of rotatable bonds is 6. The Hall–Kier alpha value is -3.53. The van der Waals surface area contributed by atoms with Crippen molar-refractivity contribution >= 4 is 29.2 Å². The Bertz CT molecular complexity index is 1390. The highest BCUT2D eigenvalue weighted by Gasteiger charge is 2.22. The first-order chi connectivity index (χ1) is 18.2. The van der Waals surface area contributed by atoms with E-state index in [9.17, 15) is 9.18 Å². The Morgan fingerprint density at radius 2 is 1.68 bits per heavy atom. The van der Waals surface area contributed by atoms with Crippen LogP contribution < -0.4 is 20.7 Å². The topological polar surface area (TPSA) is 71.2 Å². The number of aromatic nitrogens is 4. The molecule has 0 radical (unpaired) electrons. The standard InChI is InChI=1S/C28H36FN7OS/c1-19-17-23(29)18-22(20(2)30-24-9-7-8-10-25(24)38-6)11-12-26(33(4)27(19)37)35-13-15-36(16-14-35)28-31-21(3)34(5)32-28/h7-12,17-18,20,30H,13-16H2,1-6H3/t20-/m1/s1. The van der Waals surface area contributed by atoms with E-state index in [2.05, 4.69) is 31.3 Å². The molecule has 0 saturated carbocycles. The van der Waals surface area contributed by atoms with Gasteiger partial charge in [0.05, 0.1) is 0 Å². The van der Waals surface area contributed by atoms with Gasteiger partial charge in [0, 0.05) is 62.5 Å². The maximum Gasteiger partial charge on any atom is 0.254 e. The average Bonchev–Trinajstić information content (AvgIpc) is 3.25. The van der Waals surface area contributed by atoms with E-state index in [0.717, 1.165) is 46.8 Å². The zero-order valence-electron chi connectivity index (χ0n) is 22.9. The molecule has 0 amide bonds. The Morgan fingerprint density at radius 1 is 1.00 bits per heavy atom. The van der Waals surface area contributed by atoms with Crippen molar-refractivity contribution in [2.45, 2.75) is 31.7 Å². The molecule has 0 aliphatic carbocycles. The fraction of sp³-hybridized carbons (Fsp3) is 0.393. The van der Waals surface area contributed by atoms with Crippen molar-refractivity contribution in [2.24, 2.45) is 14.1 Å². The molecule has 1 aliphatic rings. The molecule has 1 N–H and O–H groups in total. The van der Waals surface area contributed by atoms with Gasteiger partial charge < -0.3 is 15.1 Å². The number of benzene rings is 1. The van der Waals surface area contributed by atoms with Gasteiger partial charge in [0.1, 0.15) is 17.5 Å². The third-order valence-corrected chi connectivity index (χ3v) is 7.70. The van der Waals surface area contributed by atoms with Gasteiger partial charge in [-0.25, -0.2) is 4.39 Å². The van der Waals surface area contributed by atoms with Gasteiger partial charge >= 0.3 is 0 Å². The largest absolute Gasteiger partial charge is 0.378 e. The molecule has 0 spiro atoms. The van der Waals surface area contributed by atoms with E-state index in [-0.39, 0.29) is 11.6 Å². The van der Waals surface area contributed by atoms with Crippen LogP contribution in [0.5, 0.6) is 0 Å². The highest BCUT2D eigenvalue weighted by Crippen LogP contribution is 2.28. The zero-order chi connectivity index (χ0) is 27.4. The number of nitrogens with zero attached hydrogens (tertiary/aromatic N) is 6. The molecule has 1 saturated heterocycles. The Balaban J connectivity index is 1.69. The van der Waals surface area contributed by atoms with Crippen molar-refractivity contribution in [3.63, 3.8) is 0 Å². The predicted molar refractivity (Wildman–Crippen MR) is 154 cm³/mol. The van der Waals surface area contributed by atoms with Crippen LogP contribution in [0, 0.1) is 19.7 Å². The molecule has 3 heterocycles. The summed E-state index contributed by atoms with van der Waals surface area (Å²) in [7, 11) is 3.63. The summed E-state index contributed by atoms with van der Waals surface area (Å²) < 4.78 is 18.3. The maximum absolute atomic E-state index is 15.0. The monoisotopic (exact) mass is 537 g/mol. The highest BCUT2D eigenvalue weighted by molar-refractivity contribution is 7.98. The SMILES string of the molecule is CSc1ccccc1N[C@H](C)c1ccc(N2CCN(c3nc(C)n(C)n3)CC2)n(C)c(=O)c(C)cc(F)c1. The molecule has 8 nitrogen and oxygen atoms in total. The Labute approximate surface area is 227 Å². The molecule has 0 unspecified atom stereocenters. The van der Waals surface area contributed by atoms with Crippen LogP contribution in [-0.4, -0.2) is 51.8 Å². The number of anilines is 3. The van der Waals surface area contributed by atoms with Gasteiger partial charge in [-0.3, -0.25) is 14.0 Å². The van der Waals surface area contributed by atoms with Gasteiger partial charge in [-0.15, -0.1) is 16.9 Å². The number of aryl methyl sites for hydroxylation is 3. The first-order valence-electron chi connectivity index (χ1n) is 12.7. The van der Waals surface area contributed by atoms with Crippen LogP contribution in [0.4, 0.5) is 21.8 Å². The molecule has 3 aromatic rings. The van der Waals surface area contributed by atoms with E-state index in [1.54, 1.807) is 35.0 Å². The first-order valence-corrected chi connectivity index (χ1v) is 13.9. The molecule has 2 aromatic heterocycles. The quantitative estimate of drug-likeness (QED) is 0.460. The van der Waals surface area contributed by atoms with Crippen molar-refractivity contribution < 1.29 is 4.39 Å². The van der Waals surface area contributed by atoms with E-state index < -0.39 is 5.82 Å². The minimum atomic E-state index is -0.453. The number of hydrogen-bond donors (Lipinski definition) is 1. The van der Waals surface area contributed by atoms with Crippen LogP contribution in [0.2, 0.25) is 0 Å². The number of piperazine rings is 1. The van der Waals surface area contributed by atoms with Crippen molar-refractivity contribution in [3.8, 4) is 0 Å². The van der Waals surface area contributed by atoms with E-state index in [1.165, 1.54) is 12.1 Å². The predicted octanol–water partition coefficient (Wildman–Crippen LogP) is 4.62. The number of para-hydroxylation sites is 1. The van der Waals surface area contributed by atoms with Gasteiger partial charge in [0.2, 0.25) is 5.95 Å². The molecular formula is C28H36FN7OS. The van der Waals surface area contributed by atoms with Crippen molar-refractivity contribution in [3.05, 3.63) is 81.7 Å². The van der Waals surface area contributed by atoms with Crippen LogP contribution in [-0.2, 0) is 14.1 Å². The van der Waals surface area contributed by atoms with Crippen molar-refractivity contribution in [1.82, 2.24) is 19.3 Å². The lowest BCUT2D eigenvalue weighted by Crippen LogP contribution is -2.48. The number of thioether (sulfide) groups is 1. The lowest BCUT2D eigenvalue weighted by molar-refractivity contribution is 0.615. The summed E-state index contributed by atoms with van der Waals surface area (Å²) >= 11 is 1.66. The molecule has 1 aliphatic heterocycles. The number of halogens is 1. The fourth-order valence-electron chi connectivity index (χ4n) is 4.55. The van der Waals surface area contributed by atoms with Gasteiger partial charge in [-0.05, 0) is 62.9 Å². The van der Waals surface area contributed by atoms with Crippen LogP contribution in [0.3, 0.4) is 0 Å². The lowest BCUT2D eigenvalue weighted by atomic mass is 10.1. The summed E-state index contributed by atoms with van der Waals surface area (Å²) in [4.78, 5) is 23.2. The molecular weight excluding hydrogens is 501 g/mol. The Morgan fingerprint density at radius 3 is 2.34 bits per heavy atom. The van der Waals surface area contributed by atoms with Crippen LogP contribution in [0.1, 0.15) is 29.9 Å². The molecule has 1 atom stereocenters. The number of nitrogens with one attached hydrogen (secondary N) is 1. The van der Waals surface area contributed by atoms with E-state index in [1.807, 2.05) is 57.5 Å². The molecule has 1 aromatic carbocycles. The first kappa shape index (κ1) is 27.5. The van der Waals surface area contributed by atoms with Crippen LogP contribution in [0.25, 0.3) is 0 Å². The average molecular weight is 538 g/mol. The second-order valence-electron chi connectivity index (χ2n) is 9.54. The van der Waals surface area contributed by atoms with Gasteiger partial charge in [-0.2, -0.15) is 4.98 Å². The summed E-state index contributed by atoms with van der Waals surface area (Å²) in [6.45, 7) is 8.46. The Kier molecular flexibility index (Phi) is 8.61. The minimum absolute atomic E-state index is 0.170. The van der Waals surface area contributed by atoms with Gasteiger partial charge in [0.25, 0.3) is 5.56 Å². The molecule has 10 heteroatoms. The van der Waals surface area contributed by atoms with E-state index in [0.29, 0.717) is 18.7 Å². The van der Waals surface area contributed by atoms with Crippen molar-refractivity contribution in [1.29, 1.82) is 0 Å². The normalized spacial score (nSPS) is 14.3. The summed E-state index contributed by atoms with van der Waals surface area (Å²) in [6, 6.07) is 14.5. The molecule has 0 bridgehead atoms. The summed E-state index contributed by atoms with van der Waals surface area (Å²) in [5, 5.41) is 8.03. The number of hydrogen-bond acceptors (Lipinski definition) is 7.